The van der Waals surface area contributed by atoms with Crippen molar-refractivity contribution in [3.63, 3.8) is 0 Å². The molecule has 2 aromatic rings. The van der Waals surface area contributed by atoms with Gasteiger partial charge in [-0.2, -0.15) is 4.99 Å². The summed E-state index contributed by atoms with van der Waals surface area (Å²) in [5.74, 6) is 0.411. The van der Waals surface area contributed by atoms with Crippen LogP contribution in [0.3, 0.4) is 0 Å². The summed E-state index contributed by atoms with van der Waals surface area (Å²) >= 11 is 0. The van der Waals surface area contributed by atoms with E-state index >= 15 is 0 Å². The molecule has 2 rings (SSSR count). The number of nitrogens with one attached hydrogen (secondary N) is 1. The number of nitrogens with zero attached hydrogens (tertiary/aromatic N) is 2. The summed E-state index contributed by atoms with van der Waals surface area (Å²) in [6.45, 7) is 0. The standard InChI is InChI=1S/C17H20N6O2/c1-25-14-8-6-12(7-9-14)21-15(24)10-11-2-4-13(5-3-11)22-17(20)23-16(18)19/h2-9H,10H2,1H3,(H,21,24)(H6,18,19,20,22,23). The first-order chi connectivity index (χ1) is 12.0. The van der Waals surface area contributed by atoms with Gasteiger partial charge in [-0.05, 0) is 42.0 Å². The van der Waals surface area contributed by atoms with Crippen molar-refractivity contribution >= 4 is 29.2 Å². The quantitative estimate of drug-likeness (QED) is 0.476. The minimum atomic E-state index is -0.159. The van der Waals surface area contributed by atoms with E-state index in [0.29, 0.717) is 11.4 Å². The lowest BCUT2D eigenvalue weighted by Crippen LogP contribution is -2.26. The van der Waals surface area contributed by atoms with Crippen molar-refractivity contribution in [2.45, 2.75) is 6.42 Å². The van der Waals surface area contributed by atoms with Crippen LogP contribution in [0.25, 0.3) is 0 Å². The normalized spacial score (nSPS) is 10.8. The smallest absolute Gasteiger partial charge is 0.228 e. The molecule has 0 aromatic heterocycles. The Morgan fingerprint density at radius 1 is 1.04 bits per heavy atom. The molecule has 0 fully saturated rings. The molecular weight excluding hydrogens is 320 g/mol. The predicted molar refractivity (Wildman–Crippen MR) is 98.9 cm³/mol. The minimum absolute atomic E-state index is 0.0370. The summed E-state index contributed by atoms with van der Waals surface area (Å²) in [6, 6.07) is 14.1. The zero-order valence-electron chi connectivity index (χ0n) is 13.8. The first-order valence-corrected chi connectivity index (χ1v) is 7.43. The van der Waals surface area contributed by atoms with E-state index in [-0.39, 0.29) is 24.2 Å². The third kappa shape index (κ3) is 5.87. The number of hydrogen-bond acceptors (Lipinski definition) is 3. The summed E-state index contributed by atoms with van der Waals surface area (Å²) in [4.78, 5) is 19.8. The summed E-state index contributed by atoms with van der Waals surface area (Å²) in [5.41, 5.74) is 18.1. The maximum Gasteiger partial charge on any atom is 0.228 e. The van der Waals surface area contributed by atoms with Gasteiger partial charge >= 0.3 is 0 Å². The van der Waals surface area contributed by atoms with Crippen LogP contribution >= 0.6 is 0 Å². The van der Waals surface area contributed by atoms with Gasteiger partial charge in [0.15, 0.2) is 5.96 Å². The van der Waals surface area contributed by atoms with Crippen LogP contribution in [-0.4, -0.2) is 24.9 Å². The molecule has 8 heteroatoms. The first kappa shape index (κ1) is 17.8. The Morgan fingerprint density at radius 3 is 2.24 bits per heavy atom. The molecule has 0 saturated carbocycles. The van der Waals surface area contributed by atoms with E-state index < -0.39 is 0 Å². The van der Waals surface area contributed by atoms with Crippen LogP contribution in [-0.2, 0) is 11.2 Å². The average Bonchev–Trinajstić information content (AvgIpc) is 2.56. The molecule has 7 N–H and O–H groups in total. The Balaban J connectivity index is 1.95. The zero-order chi connectivity index (χ0) is 18.2. The van der Waals surface area contributed by atoms with Crippen molar-refractivity contribution in [1.82, 2.24) is 0 Å². The van der Waals surface area contributed by atoms with Crippen LogP contribution in [0.15, 0.2) is 58.5 Å². The second kappa shape index (κ2) is 8.34. The van der Waals surface area contributed by atoms with Crippen LogP contribution in [0, 0.1) is 0 Å². The van der Waals surface area contributed by atoms with E-state index in [4.69, 9.17) is 21.9 Å². The Morgan fingerprint density at radius 2 is 1.68 bits per heavy atom. The van der Waals surface area contributed by atoms with Gasteiger partial charge < -0.3 is 27.3 Å². The largest absolute Gasteiger partial charge is 0.497 e. The molecule has 0 spiro atoms. The molecule has 0 aliphatic heterocycles. The average molecular weight is 340 g/mol. The van der Waals surface area contributed by atoms with Crippen molar-refractivity contribution < 1.29 is 9.53 Å². The molecule has 130 valence electrons. The van der Waals surface area contributed by atoms with Gasteiger partial charge in [0.05, 0.1) is 19.2 Å². The fourth-order valence-corrected chi connectivity index (χ4v) is 2.04. The fraction of sp³-hybridized carbons (Fsp3) is 0.118. The Labute approximate surface area is 145 Å². The number of nitrogens with two attached hydrogens (primary N) is 3. The fourth-order valence-electron chi connectivity index (χ4n) is 2.04. The number of carbonyl (C=O) groups excluding carboxylic acids is 1. The highest BCUT2D eigenvalue weighted by molar-refractivity contribution is 5.94. The number of anilines is 1. The maximum absolute atomic E-state index is 12.1. The number of hydrogen-bond donors (Lipinski definition) is 4. The van der Waals surface area contributed by atoms with E-state index in [2.05, 4.69) is 15.3 Å². The lowest BCUT2D eigenvalue weighted by atomic mass is 10.1. The van der Waals surface area contributed by atoms with Gasteiger partial charge in [0.1, 0.15) is 5.75 Å². The highest BCUT2D eigenvalue weighted by atomic mass is 16.5. The number of amides is 1. The third-order valence-electron chi connectivity index (χ3n) is 3.16. The van der Waals surface area contributed by atoms with Gasteiger partial charge in [0.25, 0.3) is 0 Å². The Kier molecular flexibility index (Phi) is 5.94. The van der Waals surface area contributed by atoms with Gasteiger partial charge in [-0.15, -0.1) is 0 Å². The minimum Gasteiger partial charge on any atom is -0.497 e. The molecule has 1 amide bonds. The molecule has 2 aromatic carbocycles. The predicted octanol–water partition coefficient (Wildman–Crippen LogP) is 1.10. The van der Waals surface area contributed by atoms with Crippen molar-refractivity contribution in [2.75, 3.05) is 12.4 Å². The summed E-state index contributed by atoms with van der Waals surface area (Å²) in [7, 11) is 1.59. The number of carbonyl (C=O) groups is 1. The highest BCUT2D eigenvalue weighted by Crippen LogP contribution is 2.16. The van der Waals surface area contributed by atoms with Gasteiger partial charge in [-0.3, -0.25) is 4.79 Å². The highest BCUT2D eigenvalue weighted by Gasteiger charge is 2.05. The Hall–Kier alpha value is -3.55. The number of benzene rings is 2. The first-order valence-electron chi connectivity index (χ1n) is 7.43. The number of aliphatic imine (C=N–C) groups is 2. The van der Waals surface area contributed by atoms with Gasteiger partial charge in [0, 0.05) is 5.69 Å². The molecule has 25 heavy (non-hydrogen) atoms. The third-order valence-corrected chi connectivity index (χ3v) is 3.16. The Bertz CT molecular complexity index is 778. The van der Waals surface area contributed by atoms with Gasteiger partial charge in [0.2, 0.25) is 11.9 Å². The molecule has 0 atom stereocenters. The SMILES string of the molecule is COc1ccc(NC(=O)Cc2ccc(N=C(N)N=C(N)N)cc2)cc1. The van der Waals surface area contributed by atoms with E-state index in [0.717, 1.165) is 11.3 Å². The zero-order valence-corrected chi connectivity index (χ0v) is 13.8. The maximum atomic E-state index is 12.1. The van der Waals surface area contributed by atoms with E-state index in [1.165, 1.54) is 0 Å². The molecule has 8 nitrogen and oxygen atoms in total. The molecule has 0 aliphatic carbocycles. The van der Waals surface area contributed by atoms with Crippen molar-refractivity contribution in [2.24, 2.45) is 27.2 Å². The second-order valence-electron chi connectivity index (χ2n) is 5.13. The lowest BCUT2D eigenvalue weighted by Gasteiger charge is -2.06. The molecule has 0 radical (unpaired) electrons. The summed E-state index contributed by atoms with van der Waals surface area (Å²) in [6.07, 6.45) is 0.236. The number of rotatable bonds is 5. The van der Waals surface area contributed by atoms with Crippen molar-refractivity contribution in [3.05, 3.63) is 54.1 Å². The summed E-state index contributed by atoms with van der Waals surface area (Å²) < 4.78 is 5.08. The monoisotopic (exact) mass is 340 g/mol. The molecule has 0 saturated heterocycles. The molecule has 0 unspecified atom stereocenters. The van der Waals surface area contributed by atoms with Crippen LogP contribution in [0.2, 0.25) is 0 Å². The molecular formula is C17H20N6O2. The lowest BCUT2D eigenvalue weighted by molar-refractivity contribution is -0.115. The van der Waals surface area contributed by atoms with Gasteiger partial charge in [-0.25, -0.2) is 4.99 Å². The number of ether oxygens (including phenoxy) is 1. The second-order valence-corrected chi connectivity index (χ2v) is 5.13. The van der Waals surface area contributed by atoms with Crippen LogP contribution < -0.4 is 27.3 Å². The topological polar surface area (TPSA) is 141 Å². The van der Waals surface area contributed by atoms with Crippen LogP contribution in [0.4, 0.5) is 11.4 Å². The van der Waals surface area contributed by atoms with Crippen LogP contribution in [0.5, 0.6) is 5.75 Å². The number of methoxy groups -OCH3 is 1. The van der Waals surface area contributed by atoms with E-state index in [9.17, 15) is 4.79 Å². The summed E-state index contributed by atoms with van der Waals surface area (Å²) in [5, 5.41) is 2.82. The van der Waals surface area contributed by atoms with Crippen molar-refractivity contribution in [3.8, 4) is 5.75 Å². The molecule has 0 bridgehead atoms. The van der Waals surface area contributed by atoms with Crippen molar-refractivity contribution in [1.29, 1.82) is 0 Å². The van der Waals surface area contributed by atoms with E-state index in [1.54, 1.807) is 55.6 Å². The molecule has 0 heterocycles. The van der Waals surface area contributed by atoms with Crippen LogP contribution in [0.1, 0.15) is 5.56 Å². The molecule has 0 aliphatic rings. The number of guanidine groups is 2. The van der Waals surface area contributed by atoms with E-state index in [1.807, 2.05) is 0 Å². The van der Waals surface area contributed by atoms with Gasteiger partial charge in [-0.1, -0.05) is 12.1 Å².